The van der Waals surface area contributed by atoms with E-state index in [-0.39, 0.29) is 5.69 Å². The number of benzene rings is 2. The molecule has 1 heterocycles. The van der Waals surface area contributed by atoms with Gasteiger partial charge in [0.05, 0.1) is 29.9 Å². The molecule has 2 aromatic rings. The van der Waals surface area contributed by atoms with Crippen molar-refractivity contribution < 1.29 is 22.8 Å². The van der Waals surface area contributed by atoms with Gasteiger partial charge in [-0.3, -0.25) is 15.5 Å². The van der Waals surface area contributed by atoms with Gasteiger partial charge in [-0.05, 0) is 29.8 Å². The number of hydrogen-bond donors (Lipinski definition) is 1. The molecule has 0 aromatic heterocycles. The summed E-state index contributed by atoms with van der Waals surface area (Å²) in [7, 11) is 0. The molecule has 0 amide bonds. The number of halogens is 3. The lowest BCUT2D eigenvalue weighted by Gasteiger charge is -2.28. The van der Waals surface area contributed by atoms with Crippen molar-refractivity contribution in [2.24, 2.45) is 5.10 Å². The van der Waals surface area contributed by atoms with E-state index >= 15 is 0 Å². The van der Waals surface area contributed by atoms with E-state index in [1.807, 2.05) is 24.3 Å². The molecule has 7 nitrogen and oxygen atoms in total. The van der Waals surface area contributed by atoms with Gasteiger partial charge < -0.3 is 9.64 Å². The van der Waals surface area contributed by atoms with Crippen LogP contribution in [0.25, 0.3) is 0 Å². The zero-order valence-corrected chi connectivity index (χ0v) is 14.6. The number of rotatable bonds is 5. The van der Waals surface area contributed by atoms with Gasteiger partial charge in [0.25, 0.3) is 5.69 Å². The molecule has 2 aromatic carbocycles. The largest absolute Gasteiger partial charge is 0.416 e. The molecule has 0 atom stereocenters. The van der Waals surface area contributed by atoms with Gasteiger partial charge in [-0.1, -0.05) is 12.1 Å². The molecule has 0 aliphatic carbocycles. The van der Waals surface area contributed by atoms with Crippen LogP contribution < -0.4 is 10.3 Å². The number of ether oxygens (including phenoxy) is 1. The maximum Gasteiger partial charge on any atom is 0.416 e. The zero-order valence-electron chi connectivity index (χ0n) is 14.6. The summed E-state index contributed by atoms with van der Waals surface area (Å²) >= 11 is 0. The van der Waals surface area contributed by atoms with Gasteiger partial charge in [-0.2, -0.15) is 18.3 Å². The van der Waals surface area contributed by atoms with Crippen molar-refractivity contribution in [3.8, 4) is 0 Å². The molecule has 1 fully saturated rings. The molecule has 1 saturated heterocycles. The Labute approximate surface area is 158 Å². The molecule has 10 heteroatoms. The van der Waals surface area contributed by atoms with Crippen LogP contribution in [0.2, 0.25) is 0 Å². The van der Waals surface area contributed by atoms with Crippen LogP contribution in [0.3, 0.4) is 0 Å². The highest BCUT2D eigenvalue weighted by Crippen LogP contribution is 2.34. The summed E-state index contributed by atoms with van der Waals surface area (Å²) in [6, 6.07) is 9.74. The van der Waals surface area contributed by atoms with Gasteiger partial charge in [0.1, 0.15) is 5.69 Å². The van der Waals surface area contributed by atoms with Crippen molar-refractivity contribution in [2.45, 2.75) is 6.18 Å². The predicted molar refractivity (Wildman–Crippen MR) is 98.8 cm³/mol. The molecule has 1 N–H and O–H groups in total. The van der Waals surface area contributed by atoms with Crippen molar-refractivity contribution in [3.63, 3.8) is 0 Å². The minimum Gasteiger partial charge on any atom is -0.378 e. The fourth-order valence-electron chi connectivity index (χ4n) is 2.72. The Bertz CT molecular complexity index is 863. The SMILES string of the molecule is O=[N+]([O-])c1cc(C(F)(F)F)ccc1N/N=C/c1ccc(N2CCOCC2)cc1. The third-order valence-corrected chi connectivity index (χ3v) is 4.19. The molecule has 0 saturated carbocycles. The van der Waals surface area contributed by atoms with Crippen LogP contribution in [-0.2, 0) is 10.9 Å². The molecule has 0 radical (unpaired) electrons. The van der Waals surface area contributed by atoms with E-state index in [1.54, 1.807) is 0 Å². The first kappa shape index (κ1) is 19.6. The highest BCUT2D eigenvalue weighted by molar-refractivity contribution is 5.81. The first-order valence-corrected chi connectivity index (χ1v) is 8.42. The zero-order chi connectivity index (χ0) is 20.1. The lowest BCUT2D eigenvalue weighted by molar-refractivity contribution is -0.384. The fraction of sp³-hybridized carbons (Fsp3) is 0.278. The maximum absolute atomic E-state index is 12.7. The summed E-state index contributed by atoms with van der Waals surface area (Å²) in [5.74, 6) is 0. The maximum atomic E-state index is 12.7. The standard InChI is InChI=1S/C18H17F3N4O3/c19-18(20,21)14-3-6-16(17(11-14)25(26)27)23-22-12-13-1-4-15(5-2-13)24-7-9-28-10-8-24/h1-6,11-12,23H,7-10H2/b22-12+. The Morgan fingerprint density at radius 2 is 1.82 bits per heavy atom. The average Bonchev–Trinajstić information content (AvgIpc) is 2.68. The molecule has 0 bridgehead atoms. The van der Waals surface area contributed by atoms with Crippen molar-refractivity contribution in [3.05, 3.63) is 63.7 Å². The second-order valence-electron chi connectivity index (χ2n) is 6.05. The number of anilines is 2. The van der Waals surface area contributed by atoms with Crippen LogP contribution in [0.5, 0.6) is 0 Å². The van der Waals surface area contributed by atoms with Gasteiger partial charge >= 0.3 is 6.18 Å². The average molecular weight is 394 g/mol. The van der Waals surface area contributed by atoms with Crippen LogP contribution >= 0.6 is 0 Å². The number of nitrogens with zero attached hydrogens (tertiary/aromatic N) is 3. The Morgan fingerprint density at radius 3 is 2.43 bits per heavy atom. The lowest BCUT2D eigenvalue weighted by atomic mass is 10.1. The topological polar surface area (TPSA) is 80.0 Å². The van der Waals surface area contributed by atoms with E-state index in [0.29, 0.717) is 19.3 Å². The molecule has 0 unspecified atom stereocenters. The van der Waals surface area contributed by atoms with Gasteiger partial charge in [0.2, 0.25) is 0 Å². The third kappa shape index (κ3) is 4.77. The number of hydrogen-bond acceptors (Lipinski definition) is 6. The second-order valence-corrected chi connectivity index (χ2v) is 6.05. The van der Waals surface area contributed by atoms with Gasteiger partial charge in [-0.25, -0.2) is 0 Å². The van der Waals surface area contributed by atoms with Crippen LogP contribution in [0, 0.1) is 10.1 Å². The molecule has 28 heavy (non-hydrogen) atoms. The summed E-state index contributed by atoms with van der Waals surface area (Å²) in [6.45, 7) is 2.98. The molecule has 0 spiro atoms. The summed E-state index contributed by atoms with van der Waals surface area (Å²) in [6.07, 6.45) is -3.22. The van der Waals surface area contributed by atoms with E-state index in [1.165, 1.54) is 6.21 Å². The van der Waals surface area contributed by atoms with Crippen molar-refractivity contribution in [1.29, 1.82) is 0 Å². The third-order valence-electron chi connectivity index (χ3n) is 4.19. The monoisotopic (exact) mass is 394 g/mol. The molecular formula is C18H17F3N4O3. The highest BCUT2D eigenvalue weighted by Gasteiger charge is 2.33. The first-order chi connectivity index (χ1) is 13.3. The van der Waals surface area contributed by atoms with E-state index < -0.39 is 22.4 Å². The quantitative estimate of drug-likeness (QED) is 0.473. The molecule has 148 valence electrons. The minimum atomic E-state index is -4.66. The molecule has 3 rings (SSSR count). The Morgan fingerprint density at radius 1 is 1.14 bits per heavy atom. The number of nitro groups is 1. The van der Waals surface area contributed by atoms with Gasteiger partial charge in [0.15, 0.2) is 0 Å². The number of nitrogens with one attached hydrogen (secondary N) is 1. The molecular weight excluding hydrogens is 377 g/mol. The van der Waals surface area contributed by atoms with Crippen LogP contribution in [-0.4, -0.2) is 37.4 Å². The number of alkyl halides is 3. The minimum absolute atomic E-state index is 0.126. The Kier molecular flexibility index (Phi) is 5.78. The molecule has 1 aliphatic rings. The van der Waals surface area contributed by atoms with Crippen molar-refractivity contribution in [2.75, 3.05) is 36.6 Å². The van der Waals surface area contributed by atoms with E-state index in [9.17, 15) is 23.3 Å². The lowest BCUT2D eigenvalue weighted by Crippen LogP contribution is -2.36. The van der Waals surface area contributed by atoms with Crippen LogP contribution in [0.15, 0.2) is 47.6 Å². The van der Waals surface area contributed by atoms with Crippen molar-refractivity contribution in [1.82, 2.24) is 0 Å². The smallest absolute Gasteiger partial charge is 0.378 e. The van der Waals surface area contributed by atoms with Gasteiger partial charge in [-0.15, -0.1) is 0 Å². The number of nitro benzene ring substituents is 1. The van der Waals surface area contributed by atoms with Crippen molar-refractivity contribution >= 4 is 23.3 Å². The van der Waals surface area contributed by atoms with E-state index in [0.717, 1.165) is 36.5 Å². The summed E-state index contributed by atoms with van der Waals surface area (Å²) in [5, 5.41) is 14.9. The highest BCUT2D eigenvalue weighted by atomic mass is 19.4. The number of morpholine rings is 1. The normalized spacial score (nSPS) is 15.0. The summed E-state index contributed by atoms with van der Waals surface area (Å²) in [4.78, 5) is 12.4. The number of hydrazone groups is 1. The van der Waals surface area contributed by atoms with Crippen LogP contribution in [0.4, 0.5) is 30.2 Å². The fourth-order valence-corrected chi connectivity index (χ4v) is 2.72. The predicted octanol–water partition coefficient (Wildman–Crippen LogP) is 3.90. The Balaban J connectivity index is 1.69. The van der Waals surface area contributed by atoms with E-state index in [2.05, 4.69) is 15.4 Å². The van der Waals surface area contributed by atoms with Crippen LogP contribution in [0.1, 0.15) is 11.1 Å². The first-order valence-electron chi connectivity index (χ1n) is 8.42. The molecule has 1 aliphatic heterocycles. The summed E-state index contributed by atoms with van der Waals surface area (Å²) in [5.41, 5.74) is 2.30. The Hall–Kier alpha value is -3.14. The van der Waals surface area contributed by atoms with E-state index in [4.69, 9.17) is 4.74 Å². The van der Waals surface area contributed by atoms with Gasteiger partial charge in [0, 0.05) is 24.8 Å². The second kappa shape index (κ2) is 8.26. The summed E-state index contributed by atoms with van der Waals surface area (Å²) < 4.78 is 43.5.